The third kappa shape index (κ3) is 2.10. The van der Waals surface area contributed by atoms with Crippen LogP contribution in [0, 0.1) is 0 Å². The summed E-state index contributed by atoms with van der Waals surface area (Å²) in [6.07, 6.45) is 0. The van der Waals surface area contributed by atoms with Crippen molar-refractivity contribution in [3.63, 3.8) is 0 Å². The second kappa shape index (κ2) is 4.67. The lowest BCUT2D eigenvalue weighted by Crippen LogP contribution is -2.52. The Hall–Kier alpha value is -1.34. The van der Waals surface area contributed by atoms with Gasteiger partial charge in [-0.3, -0.25) is 4.79 Å². The van der Waals surface area contributed by atoms with Crippen molar-refractivity contribution in [2.24, 2.45) is 5.73 Å². The maximum absolute atomic E-state index is 11.2. The first kappa shape index (κ1) is 11.2. The Balaban J connectivity index is 2.19. The number of alkyl halides is 1. The van der Waals surface area contributed by atoms with Gasteiger partial charge in [-0.05, 0) is 0 Å². The molecule has 1 amide bonds. The zero-order valence-electron chi connectivity index (χ0n) is 8.43. The standard InChI is InChI=1S/C8H11ClN4O3/c9-3-6-11-12-8(16-6)13-1-2-15-4-5(13)7(10)14/h5H,1-4H2,(H2,10,14). The molecule has 1 saturated heterocycles. The van der Waals surface area contributed by atoms with Crippen LogP contribution in [0.4, 0.5) is 6.01 Å². The van der Waals surface area contributed by atoms with Crippen LogP contribution in [0.1, 0.15) is 5.89 Å². The zero-order valence-corrected chi connectivity index (χ0v) is 9.18. The Bertz CT molecular complexity index is 383. The molecule has 2 heterocycles. The van der Waals surface area contributed by atoms with E-state index < -0.39 is 11.9 Å². The number of ether oxygens (including phenoxy) is 1. The van der Waals surface area contributed by atoms with Gasteiger partial charge in [-0.25, -0.2) is 0 Å². The lowest BCUT2D eigenvalue weighted by Gasteiger charge is -2.31. The van der Waals surface area contributed by atoms with Gasteiger partial charge in [0.1, 0.15) is 11.9 Å². The zero-order chi connectivity index (χ0) is 11.5. The molecule has 8 heteroatoms. The highest BCUT2D eigenvalue weighted by Crippen LogP contribution is 2.18. The van der Waals surface area contributed by atoms with Gasteiger partial charge in [0, 0.05) is 6.54 Å². The summed E-state index contributed by atoms with van der Waals surface area (Å²) in [5.74, 6) is -0.0322. The number of aromatic nitrogens is 2. The summed E-state index contributed by atoms with van der Waals surface area (Å²) < 4.78 is 10.4. The largest absolute Gasteiger partial charge is 0.407 e. The van der Waals surface area contributed by atoms with Crippen LogP contribution >= 0.6 is 11.6 Å². The maximum Gasteiger partial charge on any atom is 0.319 e. The molecule has 0 bridgehead atoms. The van der Waals surface area contributed by atoms with Crippen LogP contribution in [-0.4, -0.2) is 41.9 Å². The third-order valence-electron chi connectivity index (χ3n) is 2.27. The van der Waals surface area contributed by atoms with Crippen molar-refractivity contribution in [2.45, 2.75) is 11.9 Å². The number of rotatable bonds is 3. The molecule has 0 spiro atoms. The van der Waals surface area contributed by atoms with Crippen molar-refractivity contribution in [1.82, 2.24) is 10.2 Å². The summed E-state index contributed by atoms with van der Waals surface area (Å²) in [6, 6.07) is -0.319. The van der Waals surface area contributed by atoms with Gasteiger partial charge < -0.3 is 19.8 Å². The number of anilines is 1. The van der Waals surface area contributed by atoms with Crippen LogP contribution in [0.3, 0.4) is 0 Å². The number of hydrogen-bond acceptors (Lipinski definition) is 6. The Labute approximate surface area is 96.5 Å². The van der Waals surface area contributed by atoms with Gasteiger partial charge in [0.05, 0.1) is 13.2 Å². The normalized spacial score (nSPS) is 21.1. The summed E-state index contributed by atoms with van der Waals surface area (Å²) in [4.78, 5) is 12.8. The van der Waals surface area contributed by atoms with Crippen molar-refractivity contribution < 1.29 is 13.9 Å². The fourth-order valence-corrected chi connectivity index (χ4v) is 1.59. The fourth-order valence-electron chi connectivity index (χ4n) is 1.48. The van der Waals surface area contributed by atoms with E-state index in [0.29, 0.717) is 19.0 Å². The van der Waals surface area contributed by atoms with Gasteiger partial charge in [-0.1, -0.05) is 5.10 Å². The van der Waals surface area contributed by atoms with E-state index in [1.165, 1.54) is 0 Å². The summed E-state index contributed by atoms with van der Waals surface area (Å²) in [7, 11) is 0. The number of amides is 1. The first-order chi connectivity index (χ1) is 7.72. The topological polar surface area (TPSA) is 94.5 Å². The number of carbonyl (C=O) groups excluding carboxylic acids is 1. The molecule has 0 radical (unpaired) electrons. The highest BCUT2D eigenvalue weighted by molar-refractivity contribution is 6.16. The van der Waals surface area contributed by atoms with Crippen LogP contribution in [0.2, 0.25) is 0 Å². The molecular weight excluding hydrogens is 236 g/mol. The summed E-state index contributed by atoms with van der Waals surface area (Å²) in [6.45, 7) is 1.20. The average molecular weight is 247 g/mol. The molecule has 2 N–H and O–H groups in total. The smallest absolute Gasteiger partial charge is 0.319 e. The molecule has 1 unspecified atom stereocenters. The van der Waals surface area contributed by atoms with E-state index in [0.717, 1.165) is 0 Å². The molecule has 1 atom stereocenters. The van der Waals surface area contributed by atoms with Gasteiger partial charge >= 0.3 is 6.01 Å². The molecule has 1 aliphatic heterocycles. The molecule has 1 fully saturated rings. The second-order valence-electron chi connectivity index (χ2n) is 3.30. The van der Waals surface area contributed by atoms with E-state index in [4.69, 9.17) is 26.5 Å². The number of primary amides is 1. The number of nitrogens with zero attached hydrogens (tertiary/aromatic N) is 3. The van der Waals surface area contributed by atoms with Gasteiger partial charge in [-0.2, -0.15) is 0 Å². The van der Waals surface area contributed by atoms with E-state index in [-0.39, 0.29) is 18.5 Å². The monoisotopic (exact) mass is 246 g/mol. The minimum absolute atomic E-state index is 0.137. The maximum atomic E-state index is 11.2. The molecule has 0 saturated carbocycles. The third-order valence-corrected chi connectivity index (χ3v) is 2.50. The summed E-state index contributed by atoms with van der Waals surface area (Å²) in [5, 5.41) is 7.53. The average Bonchev–Trinajstić information content (AvgIpc) is 2.77. The van der Waals surface area contributed by atoms with Crippen LogP contribution < -0.4 is 10.6 Å². The van der Waals surface area contributed by atoms with Gasteiger partial charge in [0.2, 0.25) is 11.8 Å². The fraction of sp³-hybridized carbons (Fsp3) is 0.625. The van der Waals surface area contributed by atoms with E-state index in [2.05, 4.69) is 10.2 Å². The quantitative estimate of drug-likeness (QED) is 0.723. The molecule has 1 aliphatic rings. The van der Waals surface area contributed by atoms with Crippen LogP contribution in [0.25, 0.3) is 0 Å². The predicted molar refractivity (Wildman–Crippen MR) is 55.0 cm³/mol. The highest BCUT2D eigenvalue weighted by Gasteiger charge is 2.31. The van der Waals surface area contributed by atoms with Crippen LogP contribution in [0.15, 0.2) is 4.42 Å². The van der Waals surface area contributed by atoms with Crippen molar-refractivity contribution in [3.8, 4) is 0 Å². The Morgan fingerprint density at radius 2 is 2.44 bits per heavy atom. The van der Waals surface area contributed by atoms with E-state index in [1.807, 2.05) is 0 Å². The number of carbonyl (C=O) groups is 1. The van der Waals surface area contributed by atoms with Crippen molar-refractivity contribution in [3.05, 3.63) is 5.89 Å². The Morgan fingerprint density at radius 1 is 1.62 bits per heavy atom. The van der Waals surface area contributed by atoms with E-state index in [1.54, 1.807) is 4.90 Å². The lowest BCUT2D eigenvalue weighted by molar-refractivity contribution is -0.121. The number of nitrogens with two attached hydrogens (primary N) is 1. The van der Waals surface area contributed by atoms with Crippen LogP contribution in [-0.2, 0) is 15.4 Å². The van der Waals surface area contributed by atoms with E-state index >= 15 is 0 Å². The number of morpholine rings is 1. The molecule has 2 rings (SSSR count). The molecule has 7 nitrogen and oxygen atoms in total. The number of halogens is 1. The van der Waals surface area contributed by atoms with Crippen molar-refractivity contribution in [2.75, 3.05) is 24.7 Å². The first-order valence-electron chi connectivity index (χ1n) is 4.74. The molecule has 0 aromatic carbocycles. The predicted octanol–water partition coefficient (Wildman–Crippen LogP) is -0.501. The Morgan fingerprint density at radius 3 is 3.06 bits per heavy atom. The molecule has 16 heavy (non-hydrogen) atoms. The highest BCUT2D eigenvalue weighted by atomic mass is 35.5. The molecule has 1 aromatic rings. The van der Waals surface area contributed by atoms with Crippen molar-refractivity contribution >= 4 is 23.5 Å². The molecule has 88 valence electrons. The first-order valence-corrected chi connectivity index (χ1v) is 5.28. The Kier molecular flexibility index (Phi) is 3.25. The summed E-state index contributed by atoms with van der Waals surface area (Å²) in [5.41, 5.74) is 5.26. The van der Waals surface area contributed by atoms with Gasteiger partial charge in [0.25, 0.3) is 0 Å². The number of hydrogen-bond donors (Lipinski definition) is 1. The second-order valence-corrected chi connectivity index (χ2v) is 3.57. The summed E-state index contributed by atoms with van der Waals surface area (Å²) >= 11 is 5.55. The van der Waals surface area contributed by atoms with Crippen molar-refractivity contribution in [1.29, 1.82) is 0 Å². The molecular formula is C8H11ClN4O3. The minimum Gasteiger partial charge on any atom is -0.407 e. The molecule has 0 aliphatic carbocycles. The SMILES string of the molecule is NC(=O)C1COCCN1c1nnc(CCl)o1. The van der Waals surface area contributed by atoms with Gasteiger partial charge in [0.15, 0.2) is 0 Å². The van der Waals surface area contributed by atoms with Gasteiger partial charge in [-0.15, -0.1) is 16.7 Å². The minimum atomic E-state index is -0.572. The molecule has 1 aromatic heterocycles. The lowest BCUT2D eigenvalue weighted by atomic mass is 10.2. The van der Waals surface area contributed by atoms with Crippen LogP contribution in [0.5, 0.6) is 0 Å². The van der Waals surface area contributed by atoms with E-state index in [9.17, 15) is 4.79 Å².